The van der Waals surface area contributed by atoms with Crippen LogP contribution in [0.2, 0.25) is 0 Å². The number of rotatable bonds is 2. The van der Waals surface area contributed by atoms with Gasteiger partial charge in [-0.15, -0.1) is 0 Å². The fraction of sp³-hybridized carbons (Fsp3) is 0.833. The molecular formula is C12H21N3O3. The Kier molecular flexibility index (Phi) is 3.75. The highest BCUT2D eigenvalue weighted by molar-refractivity contribution is 5.86. The van der Waals surface area contributed by atoms with E-state index in [0.717, 1.165) is 25.7 Å². The third-order valence-corrected chi connectivity index (χ3v) is 3.99. The van der Waals surface area contributed by atoms with Gasteiger partial charge in [-0.25, -0.2) is 0 Å². The monoisotopic (exact) mass is 255 g/mol. The molecule has 102 valence electrons. The molecule has 18 heavy (non-hydrogen) atoms. The smallest absolute Gasteiger partial charge is 0.254 e. The van der Waals surface area contributed by atoms with Crippen LogP contribution in [0.4, 0.5) is 0 Å². The van der Waals surface area contributed by atoms with Crippen molar-refractivity contribution in [2.24, 2.45) is 16.8 Å². The second kappa shape index (κ2) is 5.14. The Labute approximate surface area is 107 Å². The van der Waals surface area contributed by atoms with E-state index in [1.54, 1.807) is 0 Å². The van der Waals surface area contributed by atoms with Gasteiger partial charge in [0.15, 0.2) is 0 Å². The molecule has 1 atom stereocenters. The van der Waals surface area contributed by atoms with Crippen molar-refractivity contribution in [3.8, 4) is 0 Å². The Balaban J connectivity index is 1.91. The zero-order chi connectivity index (χ0) is 13.2. The summed E-state index contributed by atoms with van der Waals surface area (Å²) in [6.45, 7) is 3.85. The van der Waals surface area contributed by atoms with Crippen molar-refractivity contribution >= 4 is 11.7 Å². The predicted octanol–water partition coefficient (Wildman–Crippen LogP) is 0.540. The third-order valence-electron chi connectivity index (χ3n) is 3.99. The van der Waals surface area contributed by atoms with Gasteiger partial charge in [0, 0.05) is 25.6 Å². The van der Waals surface area contributed by atoms with Gasteiger partial charge in [0.1, 0.15) is 11.4 Å². The van der Waals surface area contributed by atoms with Crippen LogP contribution < -0.4 is 5.73 Å². The molecule has 0 aromatic heterocycles. The first kappa shape index (κ1) is 13.1. The van der Waals surface area contributed by atoms with Crippen LogP contribution in [0.5, 0.6) is 0 Å². The lowest BCUT2D eigenvalue weighted by atomic mass is 9.93. The van der Waals surface area contributed by atoms with Gasteiger partial charge in [-0.1, -0.05) is 5.16 Å². The Bertz CT molecular complexity index is 342. The number of nitrogens with two attached hydrogens (primary N) is 1. The summed E-state index contributed by atoms with van der Waals surface area (Å²) in [7, 11) is 0. The number of amidine groups is 1. The highest BCUT2D eigenvalue weighted by Gasteiger charge is 2.41. The van der Waals surface area contributed by atoms with Gasteiger partial charge >= 0.3 is 0 Å². The number of amides is 1. The number of carbonyl (C=O) groups is 1. The summed E-state index contributed by atoms with van der Waals surface area (Å²) in [6.07, 6.45) is 3.24. The number of ether oxygens (including phenoxy) is 1. The number of carbonyl (C=O) groups excluding carboxylic acids is 1. The Morgan fingerprint density at radius 2 is 2.17 bits per heavy atom. The second-order valence-corrected chi connectivity index (χ2v) is 5.27. The van der Waals surface area contributed by atoms with E-state index in [1.807, 2.05) is 11.8 Å². The summed E-state index contributed by atoms with van der Waals surface area (Å²) < 4.78 is 5.57. The maximum Gasteiger partial charge on any atom is 0.254 e. The highest BCUT2D eigenvalue weighted by Crippen LogP contribution is 2.29. The van der Waals surface area contributed by atoms with Gasteiger partial charge in [0.2, 0.25) is 0 Å². The molecule has 2 aliphatic heterocycles. The molecule has 0 aliphatic carbocycles. The zero-order valence-corrected chi connectivity index (χ0v) is 10.8. The predicted molar refractivity (Wildman–Crippen MR) is 66.3 cm³/mol. The number of nitrogens with zero attached hydrogens (tertiary/aromatic N) is 2. The SMILES string of the molecule is CC1(C(=O)N2CCC(C(N)=NO)CC2)CCCO1. The first-order valence-electron chi connectivity index (χ1n) is 6.47. The molecule has 2 aliphatic rings. The molecule has 2 rings (SSSR count). The largest absolute Gasteiger partial charge is 0.409 e. The summed E-state index contributed by atoms with van der Waals surface area (Å²) in [5, 5.41) is 11.7. The van der Waals surface area contributed by atoms with Crippen LogP contribution in [0.15, 0.2) is 5.16 Å². The first-order chi connectivity index (χ1) is 8.57. The molecule has 0 spiro atoms. The van der Waals surface area contributed by atoms with Crippen molar-refractivity contribution in [1.82, 2.24) is 4.90 Å². The van der Waals surface area contributed by atoms with E-state index in [4.69, 9.17) is 15.7 Å². The second-order valence-electron chi connectivity index (χ2n) is 5.27. The van der Waals surface area contributed by atoms with E-state index < -0.39 is 5.60 Å². The summed E-state index contributed by atoms with van der Waals surface area (Å²) in [5.74, 6) is 0.430. The standard InChI is InChI=1S/C12H21N3O3/c1-12(5-2-8-18-12)11(16)15-6-3-9(4-7-15)10(13)14-17/h9,17H,2-8H2,1H3,(H2,13,14). The van der Waals surface area contributed by atoms with Crippen molar-refractivity contribution in [2.75, 3.05) is 19.7 Å². The van der Waals surface area contributed by atoms with Gasteiger partial charge in [0.05, 0.1) is 0 Å². The lowest BCUT2D eigenvalue weighted by Gasteiger charge is -2.36. The lowest BCUT2D eigenvalue weighted by Crippen LogP contribution is -2.50. The van der Waals surface area contributed by atoms with Crippen molar-refractivity contribution in [2.45, 2.75) is 38.2 Å². The molecular weight excluding hydrogens is 234 g/mol. The fourth-order valence-corrected chi connectivity index (χ4v) is 2.74. The maximum atomic E-state index is 12.4. The van der Waals surface area contributed by atoms with Crippen LogP contribution in [0, 0.1) is 5.92 Å². The maximum absolute atomic E-state index is 12.4. The zero-order valence-electron chi connectivity index (χ0n) is 10.8. The molecule has 3 N–H and O–H groups in total. The third kappa shape index (κ3) is 2.43. The molecule has 1 unspecified atom stereocenters. The van der Waals surface area contributed by atoms with E-state index in [0.29, 0.717) is 19.7 Å². The average Bonchev–Trinajstić information content (AvgIpc) is 2.85. The van der Waals surface area contributed by atoms with E-state index >= 15 is 0 Å². The molecule has 6 heteroatoms. The van der Waals surface area contributed by atoms with E-state index in [9.17, 15) is 4.79 Å². The van der Waals surface area contributed by atoms with Gasteiger partial charge in [-0.3, -0.25) is 4.79 Å². The summed E-state index contributed by atoms with van der Waals surface area (Å²) >= 11 is 0. The van der Waals surface area contributed by atoms with Gasteiger partial charge in [-0.2, -0.15) is 0 Å². The van der Waals surface area contributed by atoms with Crippen molar-refractivity contribution in [3.05, 3.63) is 0 Å². The summed E-state index contributed by atoms with van der Waals surface area (Å²) in [6, 6.07) is 0. The quantitative estimate of drug-likeness (QED) is 0.326. The lowest BCUT2D eigenvalue weighted by molar-refractivity contribution is -0.152. The normalized spacial score (nSPS) is 30.7. The van der Waals surface area contributed by atoms with Crippen molar-refractivity contribution in [3.63, 3.8) is 0 Å². The van der Waals surface area contributed by atoms with E-state index in [1.165, 1.54) is 0 Å². The summed E-state index contributed by atoms with van der Waals surface area (Å²) in [4.78, 5) is 14.2. The first-order valence-corrected chi connectivity index (χ1v) is 6.47. The molecule has 2 saturated heterocycles. The number of oxime groups is 1. The van der Waals surface area contributed by atoms with Crippen molar-refractivity contribution in [1.29, 1.82) is 0 Å². The minimum absolute atomic E-state index is 0.0800. The molecule has 0 saturated carbocycles. The van der Waals surface area contributed by atoms with Crippen LogP contribution in [0.25, 0.3) is 0 Å². The van der Waals surface area contributed by atoms with Crippen LogP contribution in [-0.4, -0.2) is 47.1 Å². The van der Waals surface area contributed by atoms with E-state index in [2.05, 4.69) is 5.16 Å². The number of likely N-dealkylation sites (tertiary alicyclic amines) is 1. The fourth-order valence-electron chi connectivity index (χ4n) is 2.74. The minimum Gasteiger partial charge on any atom is -0.409 e. The van der Waals surface area contributed by atoms with Gasteiger partial charge in [0.25, 0.3) is 5.91 Å². The van der Waals surface area contributed by atoms with Crippen LogP contribution in [0.1, 0.15) is 32.6 Å². The minimum atomic E-state index is -0.635. The number of piperidine rings is 1. The molecule has 2 fully saturated rings. The van der Waals surface area contributed by atoms with Crippen LogP contribution in [-0.2, 0) is 9.53 Å². The van der Waals surface area contributed by atoms with Gasteiger partial charge in [-0.05, 0) is 32.6 Å². The molecule has 6 nitrogen and oxygen atoms in total. The molecule has 2 heterocycles. The van der Waals surface area contributed by atoms with Crippen LogP contribution >= 0.6 is 0 Å². The topological polar surface area (TPSA) is 88.2 Å². The van der Waals surface area contributed by atoms with E-state index in [-0.39, 0.29) is 17.7 Å². The Morgan fingerprint density at radius 3 is 2.67 bits per heavy atom. The average molecular weight is 255 g/mol. The highest BCUT2D eigenvalue weighted by atomic mass is 16.5. The van der Waals surface area contributed by atoms with Crippen LogP contribution in [0.3, 0.4) is 0 Å². The molecule has 0 aromatic carbocycles. The molecule has 0 radical (unpaired) electrons. The number of hydrogen-bond acceptors (Lipinski definition) is 4. The molecule has 1 amide bonds. The molecule has 0 aromatic rings. The summed E-state index contributed by atoms with van der Waals surface area (Å²) in [5.41, 5.74) is 4.95. The van der Waals surface area contributed by atoms with Gasteiger partial charge < -0.3 is 20.6 Å². The number of hydrogen-bond donors (Lipinski definition) is 2. The Morgan fingerprint density at radius 1 is 1.50 bits per heavy atom. The Hall–Kier alpha value is -1.30. The van der Waals surface area contributed by atoms with Crippen molar-refractivity contribution < 1.29 is 14.7 Å². The molecule has 0 bridgehead atoms.